The summed E-state index contributed by atoms with van der Waals surface area (Å²) in [4.78, 5) is 15.0. The summed E-state index contributed by atoms with van der Waals surface area (Å²) in [5.74, 6) is 0. The normalized spacial score (nSPS) is 11.9. The number of benzene rings is 1. The quantitative estimate of drug-likeness (QED) is 0.727. The summed E-state index contributed by atoms with van der Waals surface area (Å²) in [6.45, 7) is 6.53. The summed E-state index contributed by atoms with van der Waals surface area (Å²) >= 11 is 0. The van der Waals surface area contributed by atoms with Crippen molar-refractivity contribution in [2.75, 3.05) is 20.6 Å². The fourth-order valence-corrected chi connectivity index (χ4v) is 3.17. The highest BCUT2D eigenvalue weighted by Gasteiger charge is 2.15. The van der Waals surface area contributed by atoms with Crippen molar-refractivity contribution in [3.8, 4) is 0 Å². The van der Waals surface area contributed by atoms with E-state index < -0.39 is 0 Å². The lowest BCUT2D eigenvalue weighted by Crippen LogP contribution is -2.26. The largest absolute Gasteiger partial charge is 0.336 e. The van der Waals surface area contributed by atoms with E-state index in [1.165, 1.54) is 5.56 Å². The van der Waals surface area contributed by atoms with Crippen LogP contribution in [0.25, 0.3) is 21.8 Å². The van der Waals surface area contributed by atoms with Crippen LogP contribution in [0.15, 0.2) is 29.2 Å². The van der Waals surface area contributed by atoms with Crippen LogP contribution in [0.1, 0.15) is 18.9 Å². The third-order valence-corrected chi connectivity index (χ3v) is 4.31. The number of nitrogens with zero attached hydrogens (tertiary/aromatic N) is 4. The fraction of sp³-hybridized carbons (Fsp3) is 0.444. The summed E-state index contributed by atoms with van der Waals surface area (Å²) in [7, 11) is 4.08. The first kappa shape index (κ1) is 15.7. The molecule has 0 unspecified atom stereocenters. The maximum absolute atomic E-state index is 12.9. The van der Waals surface area contributed by atoms with Crippen LogP contribution in [0, 0.1) is 6.92 Å². The number of fused-ring (bicyclic) bond motifs is 3. The Bertz CT molecular complexity index is 905. The van der Waals surface area contributed by atoms with Gasteiger partial charge in [0.15, 0.2) is 0 Å². The molecule has 3 rings (SSSR count). The van der Waals surface area contributed by atoms with Gasteiger partial charge in [-0.1, -0.05) is 12.1 Å². The second-order valence-corrected chi connectivity index (χ2v) is 6.36. The molecule has 0 radical (unpaired) electrons. The van der Waals surface area contributed by atoms with Gasteiger partial charge in [0.05, 0.1) is 6.20 Å². The summed E-state index contributed by atoms with van der Waals surface area (Å²) in [6, 6.07) is 6.33. The zero-order chi connectivity index (χ0) is 16.6. The molecule has 5 heteroatoms. The van der Waals surface area contributed by atoms with Gasteiger partial charge in [-0.05, 0) is 52.5 Å². The van der Waals surface area contributed by atoms with Crippen molar-refractivity contribution in [2.24, 2.45) is 0 Å². The number of aromatic nitrogens is 3. The second-order valence-electron chi connectivity index (χ2n) is 6.36. The zero-order valence-corrected chi connectivity index (χ0v) is 14.3. The summed E-state index contributed by atoms with van der Waals surface area (Å²) in [5.41, 5.74) is 3.10. The molecule has 3 aromatic rings. The number of hydrogen-bond acceptors (Lipinski definition) is 3. The van der Waals surface area contributed by atoms with E-state index in [4.69, 9.17) is 0 Å². The van der Waals surface area contributed by atoms with E-state index >= 15 is 0 Å². The first-order valence-corrected chi connectivity index (χ1v) is 8.16. The number of aryl methyl sites for hydroxylation is 3. The monoisotopic (exact) mass is 312 g/mol. The van der Waals surface area contributed by atoms with Gasteiger partial charge in [0.2, 0.25) is 0 Å². The van der Waals surface area contributed by atoms with Crippen LogP contribution in [-0.4, -0.2) is 39.9 Å². The van der Waals surface area contributed by atoms with Gasteiger partial charge in [0, 0.05) is 29.4 Å². The smallest absolute Gasteiger partial charge is 0.291 e. The zero-order valence-electron chi connectivity index (χ0n) is 14.3. The SMILES string of the molecule is CCn1c2cc(C)ccc2c2cnn(CCCN(C)C)c(=O)c21. The van der Waals surface area contributed by atoms with Crippen molar-refractivity contribution in [1.29, 1.82) is 0 Å². The van der Waals surface area contributed by atoms with E-state index in [0.717, 1.165) is 41.3 Å². The van der Waals surface area contributed by atoms with Crippen LogP contribution in [0.2, 0.25) is 0 Å². The highest BCUT2D eigenvalue weighted by atomic mass is 16.1. The van der Waals surface area contributed by atoms with Crippen LogP contribution in [0.3, 0.4) is 0 Å². The summed E-state index contributed by atoms with van der Waals surface area (Å²) in [5, 5.41) is 6.46. The van der Waals surface area contributed by atoms with Gasteiger partial charge in [-0.15, -0.1) is 0 Å². The molecule has 0 saturated carbocycles. The standard InChI is InChI=1S/C18H24N4O/c1-5-21-16-11-13(2)7-8-14(16)15-12-19-22(18(23)17(15)21)10-6-9-20(3)4/h7-8,11-12H,5-6,9-10H2,1-4H3. The van der Waals surface area contributed by atoms with Crippen LogP contribution in [-0.2, 0) is 13.1 Å². The maximum Gasteiger partial charge on any atom is 0.291 e. The number of hydrogen-bond donors (Lipinski definition) is 0. The average molecular weight is 312 g/mol. The lowest BCUT2D eigenvalue weighted by molar-refractivity contribution is 0.377. The molecule has 0 saturated heterocycles. The molecule has 0 spiro atoms. The average Bonchev–Trinajstić information content (AvgIpc) is 2.82. The van der Waals surface area contributed by atoms with Gasteiger partial charge >= 0.3 is 0 Å². The predicted octanol–water partition coefficient (Wildman–Crippen LogP) is 2.63. The minimum Gasteiger partial charge on any atom is -0.336 e. The predicted molar refractivity (Wildman–Crippen MR) is 95.1 cm³/mol. The van der Waals surface area contributed by atoms with Crippen molar-refractivity contribution in [3.05, 3.63) is 40.3 Å². The van der Waals surface area contributed by atoms with Crippen molar-refractivity contribution < 1.29 is 0 Å². The Balaban J connectivity index is 2.16. The molecule has 0 atom stereocenters. The molecule has 0 aliphatic carbocycles. The van der Waals surface area contributed by atoms with E-state index in [1.807, 2.05) is 20.3 Å². The Labute approximate surface area is 136 Å². The van der Waals surface area contributed by atoms with Crippen molar-refractivity contribution in [1.82, 2.24) is 19.2 Å². The molecule has 0 N–H and O–H groups in total. The molecular weight excluding hydrogens is 288 g/mol. The first-order chi connectivity index (χ1) is 11.0. The summed E-state index contributed by atoms with van der Waals surface area (Å²) < 4.78 is 3.72. The van der Waals surface area contributed by atoms with Gasteiger partial charge in [-0.3, -0.25) is 4.79 Å². The molecule has 0 aliphatic heterocycles. The van der Waals surface area contributed by atoms with E-state index in [2.05, 4.69) is 46.6 Å². The Hall–Kier alpha value is -2.14. The third-order valence-electron chi connectivity index (χ3n) is 4.31. The lowest BCUT2D eigenvalue weighted by Gasteiger charge is -2.10. The van der Waals surface area contributed by atoms with Crippen molar-refractivity contribution in [3.63, 3.8) is 0 Å². The molecule has 0 amide bonds. The first-order valence-electron chi connectivity index (χ1n) is 8.16. The highest BCUT2D eigenvalue weighted by molar-refractivity contribution is 6.07. The van der Waals surface area contributed by atoms with Gasteiger partial charge < -0.3 is 9.47 Å². The van der Waals surface area contributed by atoms with Crippen LogP contribution in [0.5, 0.6) is 0 Å². The van der Waals surface area contributed by atoms with Crippen LogP contribution >= 0.6 is 0 Å². The fourth-order valence-electron chi connectivity index (χ4n) is 3.17. The van der Waals surface area contributed by atoms with Gasteiger partial charge in [0.25, 0.3) is 5.56 Å². The number of rotatable bonds is 5. The molecule has 1 aromatic carbocycles. The molecule has 0 fully saturated rings. The molecule has 23 heavy (non-hydrogen) atoms. The Kier molecular flexibility index (Phi) is 4.22. The summed E-state index contributed by atoms with van der Waals surface area (Å²) in [6.07, 6.45) is 2.76. The maximum atomic E-state index is 12.9. The molecule has 122 valence electrons. The Morgan fingerprint density at radius 3 is 2.70 bits per heavy atom. The molecule has 2 aromatic heterocycles. The Morgan fingerprint density at radius 1 is 1.22 bits per heavy atom. The minimum absolute atomic E-state index is 0.0111. The van der Waals surface area contributed by atoms with Gasteiger partial charge in [0.1, 0.15) is 5.52 Å². The van der Waals surface area contributed by atoms with E-state index in [9.17, 15) is 4.79 Å². The molecule has 5 nitrogen and oxygen atoms in total. The van der Waals surface area contributed by atoms with Gasteiger partial charge in [-0.2, -0.15) is 5.10 Å². The molecule has 2 heterocycles. The topological polar surface area (TPSA) is 43.1 Å². The van der Waals surface area contributed by atoms with Crippen molar-refractivity contribution in [2.45, 2.75) is 33.4 Å². The van der Waals surface area contributed by atoms with E-state index in [1.54, 1.807) is 4.68 Å². The molecular formula is C18H24N4O. The van der Waals surface area contributed by atoms with Crippen LogP contribution in [0.4, 0.5) is 0 Å². The van der Waals surface area contributed by atoms with E-state index in [0.29, 0.717) is 6.54 Å². The third kappa shape index (κ3) is 2.77. The molecule has 0 bridgehead atoms. The van der Waals surface area contributed by atoms with Gasteiger partial charge in [-0.25, -0.2) is 4.68 Å². The second kappa shape index (κ2) is 6.16. The lowest BCUT2D eigenvalue weighted by atomic mass is 10.1. The highest BCUT2D eigenvalue weighted by Crippen LogP contribution is 2.27. The molecule has 0 aliphatic rings. The van der Waals surface area contributed by atoms with Crippen molar-refractivity contribution >= 4 is 21.8 Å². The van der Waals surface area contributed by atoms with Crippen LogP contribution < -0.4 is 5.56 Å². The minimum atomic E-state index is 0.0111. The van der Waals surface area contributed by atoms with E-state index in [-0.39, 0.29) is 5.56 Å². The Morgan fingerprint density at radius 2 is 2.00 bits per heavy atom.